The minimum absolute atomic E-state index is 0.193. The number of nitrogens with zero attached hydrogens (tertiary/aromatic N) is 1. The molecule has 3 N–H and O–H groups in total. The third kappa shape index (κ3) is 7.37. The maximum absolute atomic E-state index is 13.2. The molecule has 1 heterocycles. The Balaban J connectivity index is 1.81. The van der Waals surface area contributed by atoms with Gasteiger partial charge in [0.25, 0.3) is 0 Å². The molecule has 2 atom stereocenters. The molecule has 0 radical (unpaired) electrons. The standard InChI is InChI=1S/C23H25N3O6S2/c1-15-24-21(14-33-15)20(13-17-8-10-18(11-9-17)26-34(29,30)31)25-22(27)19(23(28)32-2)12-16-6-4-3-5-7-16/h3-11,14,19-20,26H,12-13H2,1-2H3,(H,25,27)(H,29,30,31). The van der Waals surface area contributed by atoms with Crippen LogP contribution in [0.25, 0.3) is 0 Å². The molecule has 2 aromatic carbocycles. The summed E-state index contributed by atoms with van der Waals surface area (Å²) in [6.45, 7) is 1.86. The van der Waals surface area contributed by atoms with Gasteiger partial charge in [-0.05, 0) is 43.0 Å². The number of hydrogen-bond acceptors (Lipinski definition) is 7. The zero-order valence-electron chi connectivity index (χ0n) is 18.6. The normalized spacial score (nSPS) is 13.0. The minimum atomic E-state index is -4.37. The van der Waals surface area contributed by atoms with Crippen molar-refractivity contribution in [1.29, 1.82) is 0 Å². The molecule has 9 nitrogen and oxygen atoms in total. The van der Waals surface area contributed by atoms with Crippen LogP contribution in [-0.2, 0) is 37.5 Å². The lowest BCUT2D eigenvalue weighted by atomic mass is 9.97. The van der Waals surface area contributed by atoms with E-state index in [1.54, 1.807) is 12.1 Å². The topological polar surface area (TPSA) is 135 Å². The van der Waals surface area contributed by atoms with Crippen LogP contribution in [0.3, 0.4) is 0 Å². The van der Waals surface area contributed by atoms with Gasteiger partial charge in [0.2, 0.25) is 5.91 Å². The summed E-state index contributed by atoms with van der Waals surface area (Å²) in [7, 11) is -3.13. The molecule has 0 fully saturated rings. The molecule has 0 bridgehead atoms. The zero-order chi connectivity index (χ0) is 24.7. The van der Waals surface area contributed by atoms with E-state index in [1.807, 2.05) is 47.4 Å². The maximum atomic E-state index is 13.2. The van der Waals surface area contributed by atoms with Crippen molar-refractivity contribution in [3.05, 3.63) is 81.8 Å². The van der Waals surface area contributed by atoms with Gasteiger partial charge in [-0.15, -0.1) is 11.3 Å². The van der Waals surface area contributed by atoms with E-state index in [2.05, 4.69) is 10.3 Å². The highest BCUT2D eigenvalue weighted by atomic mass is 32.2. The van der Waals surface area contributed by atoms with E-state index in [9.17, 15) is 18.0 Å². The highest BCUT2D eigenvalue weighted by Crippen LogP contribution is 2.23. The first kappa shape index (κ1) is 25.3. The molecule has 0 saturated carbocycles. The number of aryl methyl sites for hydroxylation is 1. The largest absolute Gasteiger partial charge is 0.468 e. The van der Waals surface area contributed by atoms with Gasteiger partial charge in [-0.1, -0.05) is 42.5 Å². The number of benzene rings is 2. The number of hydrogen-bond donors (Lipinski definition) is 3. The minimum Gasteiger partial charge on any atom is -0.468 e. The zero-order valence-corrected chi connectivity index (χ0v) is 20.2. The van der Waals surface area contributed by atoms with Gasteiger partial charge in [0.15, 0.2) is 0 Å². The van der Waals surface area contributed by atoms with Gasteiger partial charge in [-0.3, -0.25) is 18.9 Å². The number of amides is 1. The number of methoxy groups -OCH3 is 1. The first-order chi connectivity index (χ1) is 16.1. The molecule has 11 heteroatoms. The van der Waals surface area contributed by atoms with Gasteiger partial charge in [0.1, 0.15) is 5.92 Å². The predicted molar refractivity (Wildman–Crippen MR) is 129 cm³/mol. The van der Waals surface area contributed by atoms with Crippen LogP contribution in [0.5, 0.6) is 0 Å². The molecule has 3 aromatic rings. The van der Waals surface area contributed by atoms with Crippen LogP contribution in [-0.4, -0.2) is 36.9 Å². The van der Waals surface area contributed by atoms with Gasteiger partial charge in [0.05, 0.1) is 29.5 Å². The van der Waals surface area contributed by atoms with Crippen LogP contribution < -0.4 is 10.0 Å². The third-order valence-electron chi connectivity index (χ3n) is 5.04. The second kappa shape index (κ2) is 11.2. The third-order valence-corrected chi connectivity index (χ3v) is 6.32. The van der Waals surface area contributed by atoms with Crippen LogP contribution in [0.15, 0.2) is 60.0 Å². The number of aromatic nitrogens is 1. The average Bonchev–Trinajstić information content (AvgIpc) is 3.23. The summed E-state index contributed by atoms with van der Waals surface area (Å²) in [5, 5.41) is 5.61. The van der Waals surface area contributed by atoms with Crippen molar-refractivity contribution < 1.29 is 27.3 Å². The van der Waals surface area contributed by atoms with Crippen molar-refractivity contribution >= 4 is 39.2 Å². The van der Waals surface area contributed by atoms with Crippen molar-refractivity contribution in [1.82, 2.24) is 10.3 Å². The van der Waals surface area contributed by atoms with E-state index >= 15 is 0 Å². The van der Waals surface area contributed by atoms with Crippen LogP contribution >= 0.6 is 11.3 Å². The number of esters is 1. The summed E-state index contributed by atoms with van der Waals surface area (Å²) in [5.41, 5.74) is 2.47. The Morgan fingerprint density at radius 3 is 2.26 bits per heavy atom. The summed E-state index contributed by atoms with van der Waals surface area (Å²) in [6.07, 6.45) is 0.540. The van der Waals surface area contributed by atoms with Gasteiger partial charge in [-0.25, -0.2) is 4.98 Å². The SMILES string of the molecule is COC(=O)C(Cc1ccccc1)C(=O)NC(Cc1ccc(NS(=O)(=O)O)cc1)c1csc(C)n1. The molecule has 180 valence electrons. The second-order valence-electron chi connectivity index (χ2n) is 7.60. The lowest BCUT2D eigenvalue weighted by molar-refractivity contribution is -0.150. The Labute approximate surface area is 202 Å². The van der Waals surface area contributed by atoms with E-state index in [-0.39, 0.29) is 12.1 Å². The number of rotatable bonds is 10. The number of nitrogens with one attached hydrogen (secondary N) is 2. The van der Waals surface area contributed by atoms with Crippen molar-refractivity contribution in [2.75, 3.05) is 11.8 Å². The van der Waals surface area contributed by atoms with Gasteiger partial charge in [0, 0.05) is 5.38 Å². The van der Waals surface area contributed by atoms with E-state index in [1.165, 1.54) is 30.6 Å². The Bertz CT molecular complexity index is 1230. The Morgan fingerprint density at radius 2 is 1.71 bits per heavy atom. The molecule has 1 aromatic heterocycles. The Hall–Kier alpha value is -3.28. The summed E-state index contributed by atoms with van der Waals surface area (Å²) in [6, 6.07) is 15.0. The summed E-state index contributed by atoms with van der Waals surface area (Å²) >= 11 is 1.44. The van der Waals surface area contributed by atoms with Gasteiger partial charge >= 0.3 is 16.3 Å². The van der Waals surface area contributed by atoms with E-state index < -0.39 is 34.1 Å². The summed E-state index contributed by atoms with van der Waals surface area (Å²) < 4.78 is 37.8. The lowest BCUT2D eigenvalue weighted by Crippen LogP contribution is -2.40. The quantitative estimate of drug-likeness (QED) is 0.220. The van der Waals surface area contributed by atoms with Crippen LogP contribution in [0.1, 0.15) is 27.9 Å². The molecule has 2 unspecified atom stereocenters. The smallest absolute Gasteiger partial charge is 0.357 e. The van der Waals surface area contributed by atoms with Crippen molar-refractivity contribution in [2.24, 2.45) is 5.92 Å². The predicted octanol–water partition coefficient (Wildman–Crippen LogP) is 3.10. The number of ether oxygens (including phenoxy) is 1. The molecule has 1 amide bonds. The van der Waals surface area contributed by atoms with Crippen molar-refractivity contribution in [2.45, 2.75) is 25.8 Å². The maximum Gasteiger partial charge on any atom is 0.357 e. The first-order valence-electron chi connectivity index (χ1n) is 10.3. The van der Waals surface area contributed by atoms with E-state index in [0.717, 1.165) is 16.1 Å². The lowest BCUT2D eigenvalue weighted by Gasteiger charge is -2.21. The molecule has 0 saturated heterocycles. The molecule has 34 heavy (non-hydrogen) atoms. The number of carbonyl (C=O) groups is 2. The fourth-order valence-electron chi connectivity index (χ4n) is 3.41. The van der Waals surface area contributed by atoms with Gasteiger partial charge < -0.3 is 10.1 Å². The molecule has 3 rings (SSSR count). The van der Waals surface area contributed by atoms with E-state index in [4.69, 9.17) is 9.29 Å². The van der Waals surface area contributed by atoms with E-state index in [0.29, 0.717) is 12.1 Å². The molecule has 0 aliphatic rings. The fraction of sp³-hybridized carbons (Fsp3) is 0.261. The number of thiazole rings is 1. The average molecular weight is 504 g/mol. The molecule has 0 aliphatic carbocycles. The number of carbonyl (C=O) groups excluding carboxylic acids is 2. The summed E-state index contributed by atoms with van der Waals surface area (Å²) in [5.74, 6) is -2.14. The highest BCUT2D eigenvalue weighted by molar-refractivity contribution is 7.87. The second-order valence-corrected chi connectivity index (χ2v) is 9.81. The van der Waals surface area contributed by atoms with Crippen LogP contribution in [0, 0.1) is 12.8 Å². The van der Waals surface area contributed by atoms with Crippen molar-refractivity contribution in [3.63, 3.8) is 0 Å². The number of anilines is 1. The molecular weight excluding hydrogens is 478 g/mol. The Morgan fingerprint density at radius 1 is 1.06 bits per heavy atom. The molecular formula is C23H25N3O6S2. The Kier molecular flexibility index (Phi) is 8.37. The molecule has 0 aliphatic heterocycles. The van der Waals surface area contributed by atoms with Crippen LogP contribution in [0.2, 0.25) is 0 Å². The highest BCUT2D eigenvalue weighted by Gasteiger charge is 2.30. The monoisotopic (exact) mass is 503 g/mol. The molecule has 0 spiro atoms. The van der Waals surface area contributed by atoms with Crippen molar-refractivity contribution in [3.8, 4) is 0 Å². The fourth-order valence-corrected chi connectivity index (χ4v) is 4.51. The van der Waals surface area contributed by atoms with Crippen LogP contribution in [0.4, 0.5) is 5.69 Å². The first-order valence-corrected chi connectivity index (χ1v) is 12.6. The summed E-state index contributed by atoms with van der Waals surface area (Å²) in [4.78, 5) is 30.1. The van der Waals surface area contributed by atoms with Gasteiger partial charge in [-0.2, -0.15) is 8.42 Å².